The van der Waals surface area contributed by atoms with Gasteiger partial charge in [-0.1, -0.05) is 61.5 Å². The summed E-state index contributed by atoms with van der Waals surface area (Å²) in [5, 5.41) is 1.05. The molecule has 0 aliphatic heterocycles. The fourth-order valence-corrected chi connectivity index (χ4v) is 3.44. The van der Waals surface area contributed by atoms with Crippen LogP contribution in [0.1, 0.15) is 12.5 Å². The number of likely N-dealkylation sites (N-methyl/N-ethyl adjacent to an activating group) is 1. The molecular formula is C25H25N3O. The summed E-state index contributed by atoms with van der Waals surface area (Å²) >= 11 is 0. The van der Waals surface area contributed by atoms with Crippen LogP contribution in [0.15, 0.2) is 78.9 Å². The smallest absolute Gasteiger partial charge is 0.162 e. The zero-order valence-electron chi connectivity index (χ0n) is 16.9. The second kappa shape index (κ2) is 8.74. The first-order valence-electron chi connectivity index (χ1n) is 10.0. The number of ether oxygens (including phenoxy) is 1. The van der Waals surface area contributed by atoms with Gasteiger partial charge in [-0.25, -0.2) is 9.97 Å². The molecule has 0 aliphatic carbocycles. The van der Waals surface area contributed by atoms with Crippen LogP contribution in [-0.4, -0.2) is 30.2 Å². The van der Waals surface area contributed by atoms with Gasteiger partial charge in [0, 0.05) is 18.0 Å². The van der Waals surface area contributed by atoms with E-state index >= 15 is 0 Å². The number of anilines is 1. The van der Waals surface area contributed by atoms with Crippen LogP contribution in [0.25, 0.3) is 22.3 Å². The molecule has 0 amide bonds. The molecule has 0 aliphatic rings. The Hall–Kier alpha value is -3.40. The molecule has 4 heteroatoms. The topological polar surface area (TPSA) is 38.2 Å². The molecule has 0 radical (unpaired) electrons. The number of para-hydroxylation sites is 2. The Kier molecular flexibility index (Phi) is 5.71. The minimum absolute atomic E-state index is 0.583. The van der Waals surface area contributed by atoms with Gasteiger partial charge >= 0.3 is 0 Å². The molecule has 0 fully saturated rings. The Balaban J connectivity index is 1.65. The quantitative estimate of drug-likeness (QED) is 0.430. The summed E-state index contributed by atoms with van der Waals surface area (Å²) in [6.07, 6.45) is 0.947. The van der Waals surface area contributed by atoms with Gasteiger partial charge < -0.3 is 9.64 Å². The van der Waals surface area contributed by atoms with Crippen molar-refractivity contribution in [1.82, 2.24) is 9.97 Å². The lowest BCUT2D eigenvalue weighted by Crippen LogP contribution is -2.25. The Morgan fingerprint density at radius 2 is 1.55 bits per heavy atom. The summed E-state index contributed by atoms with van der Waals surface area (Å²) in [5.41, 5.74) is 3.30. The van der Waals surface area contributed by atoms with Gasteiger partial charge in [0.15, 0.2) is 5.82 Å². The third kappa shape index (κ3) is 4.21. The molecule has 1 heterocycles. The molecule has 29 heavy (non-hydrogen) atoms. The van der Waals surface area contributed by atoms with E-state index in [1.54, 1.807) is 0 Å². The zero-order chi connectivity index (χ0) is 20.1. The van der Waals surface area contributed by atoms with Crippen molar-refractivity contribution in [3.63, 3.8) is 0 Å². The highest BCUT2D eigenvalue weighted by Crippen LogP contribution is 2.28. The average molecular weight is 383 g/mol. The largest absolute Gasteiger partial charge is 0.492 e. The number of fused-ring (bicyclic) bond motifs is 1. The summed E-state index contributed by atoms with van der Waals surface area (Å²) < 4.78 is 5.88. The van der Waals surface area contributed by atoms with E-state index in [9.17, 15) is 0 Å². The fraction of sp³-hybridized carbons (Fsp3) is 0.200. The van der Waals surface area contributed by atoms with Crippen molar-refractivity contribution < 1.29 is 4.74 Å². The van der Waals surface area contributed by atoms with Crippen molar-refractivity contribution in [2.45, 2.75) is 13.3 Å². The van der Waals surface area contributed by atoms with E-state index in [-0.39, 0.29) is 0 Å². The SMILES string of the molecule is CCc1ccccc1-c1nc(N(C)CCOc2ccccc2)c2ccccc2n1. The zero-order valence-corrected chi connectivity index (χ0v) is 16.9. The Bertz CT molecular complexity index is 1100. The minimum Gasteiger partial charge on any atom is -0.492 e. The molecule has 0 atom stereocenters. The van der Waals surface area contributed by atoms with Crippen molar-refractivity contribution in [2.24, 2.45) is 0 Å². The van der Waals surface area contributed by atoms with Crippen LogP contribution in [0.3, 0.4) is 0 Å². The van der Waals surface area contributed by atoms with Gasteiger partial charge in [0.05, 0.1) is 12.1 Å². The summed E-state index contributed by atoms with van der Waals surface area (Å²) in [4.78, 5) is 12.0. The van der Waals surface area contributed by atoms with E-state index in [1.165, 1.54) is 5.56 Å². The highest BCUT2D eigenvalue weighted by atomic mass is 16.5. The molecule has 1 aromatic heterocycles. The molecule has 0 unspecified atom stereocenters. The predicted molar refractivity (Wildman–Crippen MR) is 120 cm³/mol. The van der Waals surface area contributed by atoms with Crippen molar-refractivity contribution >= 4 is 16.7 Å². The van der Waals surface area contributed by atoms with Crippen molar-refractivity contribution in [3.8, 4) is 17.1 Å². The minimum atomic E-state index is 0.583. The highest BCUT2D eigenvalue weighted by Gasteiger charge is 2.14. The normalized spacial score (nSPS) is 10.8. The fourth-order valence-electron chi connectivity index (χ4n) is 3.44. The lowest BCUT2D eigenvalue weighted by Gasteiger charge is -2.21. The van der Waals surface area contributed by atoms with Crippen LogP contribution in [0, 0.1) is 0 Å². The lowest BCUT2D eigenvalue weighted by atomic mass is 10.0. The number of nitrogens with zero attached hydrogens (tertiary/aromatic N) is 3. The van der Waals surface area contributed by atoms with E-state index in [4.69, 9.17) is 14.7 Å². The van der Waals surface area contributed by atoms with Crippen LogP contribution in [0.5, 0.6) is 5.75 Å². The first-order chi connectivity index (χ1) is 14.3. The average Bonchev–Trinajstić information content (AvgIpc) is 2.79. The monoisotopic (exact) mass is 383 g/mol. The van der Waals surface area contributed by atoms with E-state index in [0.29, 0.717) is 6.61 Å². The second-order valence-corrected chi connectivity index (χ2v) is 6.98. The summed E-state index contributed by atoms with van der Waals surface area (Å²) in [6, 6.07) is 26.4. The molecule has 0 saturated heterocycles. The summed E-state index contributed by atoms with van der Waals surface area (Å²) in [6.45, 7) is 3.47. The molecule has 146 valence electrons. The molecule has 4 aromatic rings. The van der Waals surface area contributed by atoms with Gasteiger partial charge in [-0.3, -0.25) is 0 Å². The van der Waals surface area contributed by atoms with E-state index in [0.717, 1.165) is 46.8 Å². The molecule has 0 spiro atoms. The van der Waals surface area contributed by atoms with Crippen LogP contribution in [0.4, 0.5) is 5.82 Å². The third-order valence-electron chi connectivity index (χ3n) is 5.02. The van der Waals surface area contributed by atoms with Crippen molar-refractivity contribution in [1.29, 1.82) is 0 Å². The third-order valence-corrected chi connectivity index (χ3v) is 5.02. The Morgan fingerprint density at radius 3 is 2.38 bits per heavy atom. The molecule has 3 aromatic carbocycles. The van der Waals surface area contributed by atoms with Gasteiger partial charge in [0.1, 0.15) is 18.2 Å². The number of aryl methyl sites for hydroxylation is 1. The maximum atomic E-state index is 5.88. The first-order valence-corrected chi connectivity index (χ1v) is 10.0. The molecule has 0 N–H and O–H groups in total. The lowest BCUT2D eigenvalue weighted by molar-refractivity contribution is 0.326. The second-order valence-electron chi connectivity index (χ2n) is 6.98. The van der Waals surface area contributed by atoms with E-state index in [2.05, 4.69) is 43.1 Å². The number of hydrogen-bond donors (Lipinski definition) is 0. The van der Waals surface area contributed by atoms with Crippen LogP contribution < -0.4 is 9.64 Å². The van der Waals surface area contributed by atoms with E-state index in [1.807, 2.05) is 54.6 Å². The molecule has 4 nitrogen and oxygen atoms in total. The molecule has 0 bridgehead atoms. The number of hydrogen-bond acceptors (Lipinski definition) is 4. The van der Waals surface area contributed by atoms with Gasteiger partial charge in [0.2, 0.25) is 0 Å². The Morgan fingerprint density at radius 1 is 0.828 bits per heavy atom. The first kappa shape index (κ1) is 18.9. The molecule has 0 saturated carbocycles. The maximum Gasteiger partial charge on any atom is 0.162 e. The van der Waals surface area contributed by atoms with Gasteiger partial charge in [-0.05, 0) is 36.2 Å². The summed E-state index contributed by atoms with van der Waals surface area (Å²) in [7, 11) is 2.05. The van der Waals surface area contributed by atoms with Gasteiger partial charge in [-0.15, -0.1) is 0 Å². The maximum absolute atomic E-state index is 5.88. The highest BCUT2D eigenvalue weighted by molar-refractivity contribution is 5.91. The number of aromatic nitrogens is 2. The van der Waals surface area contributed by atoms with Crippen LogP contribution in [-0.2, 0) is 6.42 Å². The van der Waals surface area contributed by atoms with Gasteiger partial charge in [-0.2, -0.15) is 0 Å². The van der Waals surface area contributed by atoms with Crippen molar-refractivity contribution in [2.75, 3.05) is 25.1 Å². The molecule has 4 rings (SSSR count). The number of benzene rings is 3. The standard InChI is InChI=1S/C25H25N3O/c1-3-19-11-7-8-14-21(19)24-26-23-16-10-9-15-22(23)25(27-24)28(2)17-18-29-20-12-5-4-6-13-20/h4-16H,3,17-18H2,1-2H3. The van der Waals surface area contributed by atoms with Gasteiger partial charge in [0.25, 0.3) is 0 Å². The molecular weight excluding hydrogens is 358 g/mol. The summed E-state index contributed by atoms with van der Waals surface area (Å²) in [5.74, 6) is 2.58. The number of rotatable bonds is 7. The van der Waals surface area contributed by atoms with Crippen LogP contribution >= 0.6 is 0 Å². The Labute approximate surface area is 171 Å². The van der Waals surface area contributed by atoms with E-state index < -0.39 is 0 Å². The van der Waals surface area contributed by atoms with Crippen LogP contribution in [0.2, 0.25) is 0 Å². The predicted octanol–water partition coefficient (Wildman–Crippen LogP) is 5.37. The van der Waals surface area contributed by atoms with Crippen molar-refractivity contribution in [3.05, 3.63) is 84.4 Å².